The minimum absolute atomic E-state index is 0.00807. The zero-order chi connectivity index (χ0) is 30.8. The molecule has 12 heteroatoms. The van der Waals surface area contributed by atoms with Gasteiger partial charge in [-0.05, 0) is 36.9 Å². The Bertz CT molecular complexity index is 1480. The quantitative estimate of drug-likeness (QED) is 0.231. The molecule has 4 N–H and O–H groups in total. The fourth-order valence-corrected chi connectivity index (χ4v) is 4.82. The van der Waals surface area contributed by atoms with Crippen LogP contribution in [0.15, 0.2) is 23.4 Å². The Kier molecular flexibility index (Phi) is 5.51. The number of nitrogens with one attached hydrogen (secondary N) is 1. The van der Waals surface area contributed by atoms with E-state index in [1.165, 1.54) is 10.7 Å². The van der Waals surface area contributed by atoms with Crippen molar-refractivity contribution in [2.75, 3.05) is 24.2 Å². The van der Waals surface area contributed by atoms with E-state index in [9.17, 15) is 14.6 Å². The number of fused-ring (bicyclic) bond motifs is 1. The minimum atomic E-state index is -2.47. The summed E-state index contributed by atoms with van der Waals surface area (Å²) in [6.45, 7) is 2.35. The highest BCUT2D eigenvalue weighted by molar-refractivity contribution is 7.99. The average molecular weight is 525 g/mol. The lowest BCUT2D eigenvalue weighted by atomic mass is 10.1. The average Bonchev–Trinajstić information content (AvgIpc) is 3.15. The maximum Gasteiger partial charge on any atom is 0.191 e. The van der Waals surface area contributed by atoms with E-state index in [0.717, 1.165) is 6.92 Å². The molecule has 2 saturated carbocycles. The molecule has 0 radical (unpaired) electrons. The first-order valence-electron chi connectivity index (χ1n) is 14.5. The Morgan fingerprint density at radius 3 is 2.92 bits per heavy atom. The molecule has 36 heavy (non-hydrogen) atoms. The molecular weight excluding hydrogens is 487 g/mol. The molecule has 194 valence electrons. The van der Waals surface area contributed by atoms with Gasteiger partial charge < -0.3 is 25.4 Å². The van der Waals surface area contributed by atoms with Crippen molar-refractivity contribution in [3.63, 3.8) is 0 Å². The number of hydrogen-bond acceptors (Lipinski definition) is 10. The van der Waals surface area contributed by atoms with Crippen molar-refractivity contribution in [2.24, 2.45) is 0 Å². The highest BCUT2D eigenvalue weighted by Gasteiger charge is 2.45. The predicted molar refractivity (Wildman–Crippen MR) is 133 cm³/mol. The lowest BCUT2D eigenvalue weighted by Gasteiger charge is -2.17. The number of aliphatic hydroxyl groups is 3. The molecule has 0 amide bonds. The number of benzene rings is 1. The summed E-state index contributed by atoms with van der Waals surface area (Å²) in [7, 11) is 0. The number of nitrogens with zero attached hydrogens (tertiary/aromatic N) is 5. The van der Waals surface area contributed by atoms with Gasteiger partial charge in [0.2, 0.25) is 0 Å². The number of aryl methyl sites for hydroxylation is 1. The van der Waals surface area contributed by atoms with Gasteiger partial charge in [0.05, 0.1) is 25.4 Å². The SMILES string of the molecule is [2H]C1([2H])[C@@H](Nc2nc(SC([2H])([2H])C([2H])([2H])C)nc3c2nnn3[C@@H]2C[C@H](OCCO)[C@@H](O)[C@H]2O)[C@@H]1c1ccc(C)c(F)c1. The maximum absolute atomic E-state index is 14.3. The van der Waals surface area contributed by atoms with Crippen LogP contribution in [0.2, 0.25) is 0 Å². The largest absolute Gasteiger partial charge is 0.394 e. The molecule has 1 aromatic carbocycles. The molecule has 0 aliphatic heterocycles. The van der Waals surface area contributed by atoms with Crippen LogP contribution in [0.1, 0.15) is 57.4 Å². The van der Waals surface area contributed by atoms with E-state index in [1.54, 1.807) is 19.1 Å². The number of rotatable bonds is 10. The zero-order valence-electron chi connectivity index (χ0n) is 25.6. The molecule has 0 spiro atoms. The minimum Gasteiger partial charge on any atom is -0.394 e. The van der Waals surface area contributed by atoms with Crippen LogP contribution in [0.3, 0.4) is 0 Å². The molecule has 2 aromatic heterocycles. The van der Waals surface area contributed by atoms with Gasteiger partial charge in [-0.3, -0.25) is 0 Å². The van der Waals surface area contributed by atoms with Gasteiger partial charge in [-0.1, -0.05) is 36.0 Å². The Hall–Kier alpha value is -2.38. The summed E-state index contributed by atoms with van der Waals surface area (Å²) in [5, 5.41) is 41.4. The number of aromatic nitrogens is 5. The van der Waals surface area contributed by atoms with Gasteiger partial charge in [-0.15, -0.1) is 5.10 Å². The number of anilines is 1. The molecule has 10 nitrogen and oxygen atoms in total. The second-order valence-corrected chi connectivity index (χ2v) is 9.48. The summed E-state index contributed by atoms with van der Waals surface area (Å²) < 4.78 is 70.3. The number of halogens is 1. The van der Waals surface area contributed by atoms with Crippen molar-refractivity contribution in [1.29, 1.82) is 0 Å². The van der Waals surface area contributed by atoms with Gasteiger partial charge >= 0.3 is 0 Å². The van der Waals surface area contributed by atoms with E-state index in [2.05, 4.69) is 25.6 Å². The first-order valence-corrected chi connectivity index (χ1v) is 12.3. The third kappa shape index (κ3) is 4.92. The summed E-state index contributed by atoms with van der Waals surface area (Å²) in [5.74, 6) is -1.21. The molecule has 2 aliphatic carbocycles. The fraction of sp³-hybridized carbons (Fsp3) is 0.583. The lowest BCUT2D eigenvalue weighted by Crippen LogP contribution is -2.33. The Morgan fingerprint density at radius 2 is 2.17 bits per heavy atom. The molecule has 3 aromatic rings. The Labute approximate surface area is 220 Å². The van der Waals surface area contributed by atoms with Crippen LogP contribution in [0.25, 0.3) is 11.2 Å². The molecule has 5 rings (SSSR count). The van der Waals surface area contributed by atoms with Gasteiger partial charge in [0.15, 0.2) is 22.1 Å². The van der Waals surface area contributed by atoms with E-state index in [1.807, 2.05) is 0 Å². The van der Waals surface area contributed by atoms with Crippen LogP contribution in [0.4, 0.5) is 10.2 Å². The first kappa shape index (κ1) is 18.8. The topological polar surface area (TPSA) is 138 Å². The smallest absolute Gasteiger partial charge is 0.191 e. The maximum atomic E-state index is 14.3. The lowest BCUT2D eigenvalue weighted by molar-refractivity contribution is -0.0629. The number of ether oxygens (including phenoxy) is 1. The van der Waals surface area contributed by atoms with E-state index in [0.29, 0.717) is 22.9 Å². The second kappa shape index (κ2) is 10.5. The predicted octanol–water partition coefficient (Wildman–Crippen LogP) is 2.18. The van der Waals surface area contributed by atoms with Crippen molar-refractivity contribution in [2.45, 2.75) is 74.5 Å². The summed E-state index contributed by atoms with van der Waals surface area (Å²) >= 11 is 0.417. The van der Waals surface area contributed by atoms with Crippen LogP contribution >= 0.6 is 11.8 Å². The van der Waals surface area contributed by atoms with Crippen LogP contribution < -0.4 is 5.32 Å². The third-order valence-corrected chi connectivity index (χ3v) is 6.99. The first-order chi connectivity index (χ1) is 19.6. The highest BCUT2D eigenvalue weighted by atomic mass is 32.2. The van der Waals surface area contributed by atoms with Gasteiger partial charge in [0.25, 0.3) is 0 Å². The van der Waals surface area contributed by atoms with Gasteiger partial charge in [0, 0.05) is 32.3 Å². The van der Waals surface area contributed by atoms with Crippen molar-refractivity contribution < 1.29 is 32.7 Å². The van der Waals surface area contributed by atoms with E-state index < -0.39 is 60.6 Å². The molecule has 0 unspecified atom stereocenters. The molecule has 2 heterocycles. The zero-order valence-corrected chi connectivity index (χ0v) is 20.4. The second-order valence-electron chi connectivity index (χ2n) is 8.71. The standard InChI is InChI=1S/C24H31FN6O4S/c1-3-8-36-24-27-22(26-16-10-14(16)13-5-4-12(2)15(25)9-13)19-23(28-24)31(30-29-19)17-11-18(35-7-6-32)21(34)20(17)33/h4-5,9,14,16-18,20-21,32-34H,3,6-8,10-11H2,1-2H3,(H,26,27,28)/t14-,16+,17+,18-,20-,21+/m0/s1/i3D2,8D2,10D2. The summed E-state index contributed by atoms with van der Waals surface area (Å²) in [6, 6.07) is 2.76. The molecule has 2 fully saturated rings. The van der Waals surface area contributed by atoms with Gasteiger partial charge in [0.1, 0.15) is 18.0 Å². The molecule has 6 atom stereocenters. The molecule has 0 saturated heterocycles. The van der Waals surface area contributed by atoms with E-state index >= 15 is 0 Å². The third-order valence-electron chi connectivity index (χ3n) is 6.31. The van der Waals surface area contributed by atoms with Crippen molar-refractivity contribution >= 4 is 28.7 Å². The van der Waals surface area contributed by atoms with Crippen molar-refractivity contribution in [3.8, 4) is 0 Å². The van der Waals surface area contributed by atoms with Crippen LogP contribution in [0.5, 0.6) is 0 Å². The number of thioether (sulfide) groups is 1. The van der Waals surface area contributed by atoms with E-state index in [4.69, 9.17) is 18.1 Å². The number of hydrogen-bond donors (Lipinski definition) is 4. The monoisotopic (exact) mass is 524 g/mol. The number of aliphatic hydroxyl groups excluding tert-OH is 3. The Morgan fingerprint density at radius 1 is 1.33 bits per heavy atom. The Balaban J connectivity index is 1.54. The normalized spacial score (nSPS) is 32.3. The van der Waals surface area contributed by atoms with Crippen LogP contribution in [0, 0.1) is 12.7 Å². The highest BCUT2D eigenvalue weighted by Crippen LogP contribution is 2.44. The van der Waals surface area contributed by atoms with Gasteiger partial charge in [-0.2, -0.15) is 0 Å². The summed E-state index contributed by atoms with van der Waals surface area (Å²) in [5.41, 5.74) is -1.51. The molecular formula is C24H31FN6O4S. The van der Waals surface area contributed by atoms with Crippen LogP contribution in [-0.2, 0) is 4.74 Å². The van der Waals surface area contributed by atoms with Gasteiger partial charge in [-0.25, -0.2) is 19.0 Å². The molecule has 0 bridgehead atoms. The van der Waals surface area contributed by atoms with Crippen molar-refractivity contribution in [1.82, 2.24) is 25.0 Å². The summed E-state index contributed by atoms with van der Waals surface area (Å²) in [4.78, 5) is 8.72. The van der Waals surface area contributed by atoms with E-state index in [-0.39, 0.29) is 41.8 Å². The summed E-state index contributed by atoms with van der Waals surface area (Å²) in [6.07, 6.45) is -7.48. The molecule has 2 aliphatic rings. The van der Waals surface area contributed by atoms with Crippen LogP contribution in [-0.4, -0.2) is 83.6 Å². The fourth-order valence-electron chi connectivity index (χ4n) is 4.36. The van der Waals surface area contributed by atoms with Crippen molar-refractivity contribution in [3.05, 3.63) is 35.1 Å².